The minimum atomic E-state index is -0.713. The Kier molecular flexibility index (Phi) is 2.32. The number of hydrogen-bond donors (Lipinski definition) is 0. The summed E-state index contributed by atoms with van der Waals surface area (Å²) in [6, 6.07) is 9.63. The summed E-state index contributed by atoms with van der Waals surface area (Å²) in [5.74, 6) is -0.00347. The Morgan fingerprint density at radius 1 is 1.33 bits per heavy atom. The smallest absolute Gasteiger partial charge is 0.183 e. The van der Waals surface area contributed by atoms with E-state index in [9.17, 15) is 4.79 Å². The maximum Gasteiger partial charge on any atom is 0.183 e. The summed E-state index contributed by atoms with van der Waals surface area (Å²) in [6.07, 6.45) is 2.43. The molecule has 1 aromatic carbocycles. The minimum absolute atomic E-state index is 0.00347. The zero-order chi connectivity index (χ0) is 10.9. The van der Waals surface area contributed by atoms with E-state index in [1.165, 1.54) is 0 Å². The standard InChI is InChI=1S/C13H13NO/c1-10-3-5-11(6-4-10)12(15)13(9-14)7-2-8-13/h3-6H,2,7-8H2,1H3. The fraction of sp³-hybridized carbons (Fsp3) is 0.385. The van der Waals surface area contributed by atoms with Gasteiger partial charge in [-0.05, 0) is 26.2 Å². The van der Waals surface area contributed by atoms with Gasteiger partial charge in [0.05, 0.1) is 6.07 Å². The molecule has 0 aliphatic heterocycles. The van der Waals surface area contributed by atoms with Gasteiger partial charge in [0.25, 0.3) is 0 Å². The van der Waals surface area contributed by atoms with Crippen LogP contribution in [0.5, 0.6) is 0 Å². The highest BCUT2D eigenvalue weighted by Crippen LogP contribution is 2.42. The van der Waals surface area contributed by atoms with E-state index in [-0.39, 0.29) is 5.78 Å². The predicted molar refractivity (Wildman–Crippen MR) is 57.4 cm³/mol. The van der Waals surface area contributed by atoms with E-state index >= 15 is 0 Å². The first kappa shape index (κ1) is 9.92. The Morgan fingerprint density at radius 3 is 2.33 bits per heavy atom. The average Bonchev–Trinajstić information content (AvgIpc) is 2.18. The van der Waals surface area contributed by atoms with Crippen LogP contribution in [0.3, 0.4) is 0 Å². The second-order valence-corrected chi connectivity index (χ2v) is 4.24. The van der Waals surface area contributed by atoms with Gasteiger partial charge in [-0.3, -0.25) is 4.79 Å². The number of nitrogens with zero attached hydrogens (tertiary/aromatic N) is 1. The molecule has 0 heterocycles. The summed E-state index contributed by atoms with van der Waals surface area (Å²) >= 11 is 0. The van der Waals surface area contributed by atoms with Crippen molar-refractivity contribution in [3.63, 3.8) is 0 Å². The first-order valence-electron chi connectivity index (χ1n) is 5.21. The van der Waals surface area contributed by atoms with Crippen LogP contribution in [0, 0.1) is 23.7 Å². The SMILES string of the molecule is Cc1ccc(C(=O)C2(C#N)CCC2)cc1. The van der Waals surface area contributed by atoms with Gasteiger partial charge in [-0.1, -0.05) is 29.8 Å². The highest BCUT2D eigenvalue weighted by atomic mass is 16.1. The van der Waals surface area contributed by atoms with Gasteiger partial charge in [0.1, 0.15) is 5.41 Å². The second kappa shape index (κ2) is 3.51. The Hall–Kier alpha value is -1.62. The first-order chi connectivity index (χ1) is 7.18. The molecule has 15 heavy (non-hydrogen) atoms. The predicted octanol–water partition coefficient (Wildman–Crippen LogP) is 2.87. The molecule has 1 aromatic rings. The van der Waals surface area contributed by atoms with Crippen molar-refractivity contribution >= 4 is 5.78 Å². The molecule has 2 heteroatoms. The molecular weight excluding hydrogens is 186 g/mol. The van der Waals surface area contributed by atoms with Gasteiger partial charge in [0.2, 0.25) is 0 Å². The summed E-state index contributed by atoms with van der Waals surface area (Å²) in [5, 5.41) is 9.05. The van der Waals surface area contributed by atoms with Crippen LogP contribution >= 0.6 is 0 Å². The van der Waals surface area contributed by atoms with Gasteiger partial charge >= 0.3 is 0 Å². The van der Waals surface area contributed by atoms with Crippen LogP contribution in [0.25, 0.3) is 0 Å². The maximum absolute atomic E-state index is 12.1. The average molecular weight is 199 g/mol. The van der Waals surface area contributed by atoms with Gasteiger partial charge in [0.15, 0.2) is 5.78 Å². The van der Waals surface area contributed by atoms with Crippen molar-refractivity contribution in [2.75, 3.05) is 0 Å². The lowest BCUT2D eigenvalue weighted by molar-refractivity contribution is 0.0748. The van der Waals surface area contributed by atoms with E-state index in [2.05, 4.69) is 6.07 Å². The monoisotopic (exact) mass is 199 g/mol. The molecule has 1 aliphatic carbocycles. The maximum atomic E-state index is 12.1. The summed E-state index contributed by atoms with van der Waals surface area (Å²) in [5.41, 5.74) is 1.09. The van der Waals surface area contributed by atoms with Gasteiger partial charge in [-0.2, -0.15) is 5.26 Å². The molecule has 2 rings (SSSR count). The van der Waals surface area contributed by atoms with Crippen LogP contribution in [0.2, 0.25) is 0 Å². The third-order valence-electron chi connectivity index (χ3n) is 3.17. The molecule has 0 atom stereocenters. The molecule has 1 saturated carbocycles. The molecule has 0 saturated heterocycles. The van der Waals surface area contributed by atoms with E-state index in [0.29, 0.717) is 5.56 Å². The van der Waals surface area contributed by atoms with Gasteiger partial charge in [-0.25, -0.2) is 0 Å². The summed E-state index contributed by atoms with van der Waals surface area (Å²) in [7, 11) is 0. The molecule has 0 aromatic heterocycles. The molecule has 0 bridgehead atoms. The Bertz CT molecular complexity index is 421. The summed E-state index contributed by atoms with van der Waals surface area (Å²) in [4.78, 5) is 12.1. The zero-order valence-corrected chi connectivity index (χ0v) is 8.79. The number of hydrogen-bond acceptors (Lipinski definition) is 2. The Morgan fingerprint density at radius 2 is 1.93 bits per heavy atom. The molecule has 76 valence electrons. The molecular formula is C13H13NO. The van der Waals surface area contributed by atoms with Crippen molar-refractivity contribution in [1.29, 1.82) is 5.26 Å². The van der Waals surface area contributed by atoms with E-state index in [1.807, 2.05) is 31.2 Å². The third-order valence-corrected chi connectivity index (χ3v) is 3.17. The van der Waals surface area contributed by atoms with Crippen molar-refractivity contribution in [3.8, 4) is 6.07 Å². The van der Waals surface area contributed by atoms with Gasteiger partial charge in [-0.15, -0.1) is 0 Å². The van der Waals surface area contributed by atoms with Crippen LogP contribution in [0.1, 0.15) is 35.2 Å². The number of aryl methyl sites for hydroxylation is 1. The first-order valence-corrected chi connectivity index (χ1v) is 5.21. The van der Waals surface area contributed by atoms with Crippen molar-refractivity contribution < 1.29 is 4.79 Å². The number of Topliss-reactive ketones (excluding diaryl/α,β-unsaturated/α-hetero) is 1. The number of benzene rings is 1. The Labute approximate surface area is 89.5 Å². The molecule has 0 amide bonds. The minimum Gasteiger partial charge on any atom is -0.292 e. The molecule has 0 spiro atoms. The van der Waals surface area contributed by atoms with E-state index in [0.717, 1.165) is 24.8 Å². The quantitative estimate of drug-likeness (QED) is 0.687. The number of nitriles is 1. The van der Waals surface area contributed by atoms with Crippen LogP contribution in [0.15, 0.2) is 24.3 Å². The largest absolute Gasteiger partial charge is 0.292 e. The normalized spacial score (nSPS) is 17.6. The van der Waals surface area contributed by atoms with Gasteiger partial charge < -0.3 is 0 Å². The highest BCUT2D eigenvalue weighted by Gasteiger charge is 2.44. The van der Waals surface area contributed by atoms with Gasteiger partial charge in [0, 0.05) is 5.56 Å². The molecule has 0 unspecified atom stereocenters. The number of ketones is 1. The van der Waals surface area contributed by atoms with Crippen LogP contribution in [-0.4, -0.2) is 5.78 Å². The van der Waals surface area contributed by atoms with Crippen molar-refractivity contribution in [2.45, 2.75) is 26.2 Å². The summed E-state index contributed by atoms with van der Waals surface area (Å²) in [6.45, 7) is 1.98. The fourth-order valence-electron chi connectivity index (χ4n) is 1.90. The van der Waals surface area contributed by atoms with Crippen molar-refractivity contribution in [2.24, 2.45) is 5.41 Å². The van der Waals surface area contributed by atoms with E-state index < -0.39 is 5.41 Å². The van der Waals surface area contributed by atoms with Crippen molar-refractivity contribution in [1.82, 2.24) is 0 Å². The summed E-state index contributed by atoms with van der Waals surface area (Å²) < 4.78 is 0. The van der Waals surface area contributed by atoms with Crippen LogP contribution in [0.4, 0.5) is 0 Å². The molecule has 0 N–H and O–H groups in total. The molecule has 1 aliphatic rings. The van der Waals surface area contributed by atoms with Crippen LogP contribution in [-0.2, 0) is 0 Å². The lowest BCUT2D eigenvalue weighted by Gasteiger charge is -2.33. The van der Waals surface area contributed by atoms with E-state index in [4.69, 9.17) is 5.26 Å². The van der Waals surface area contributed by atoms with E-state index in [1.54, 1.807) is 0 Å². The Balaban J connectivity index is 2.29. The molecule has 2 nitrogen and oxygen atoms in total. The number of carbonyl (C=O) groups is 1. The third kappa shape index (κ3) is 1.55. The lowest BCUT2D eigenvalue weighted by Crippen LogP contribution is -2.36. The van der Waals surface area contributed by atoms with Crippen molar-refractivity contribution in [3.05, 3.63) is 35.4 Å². The number of rotatable bonds is 2. The fourth-order valence-corrected chi connectivity index (χ4v) is 1.90. The zero-order valence-electron chi connectivity index (χ0n) is 8.79. The topological polar surface area (TPSA) is 40.9 Å². The second-order valence-electron chi connectivity index (χ2n) is 4.24. The van der Waals surface area contributed by atoms with Crippen LogP contribution < -0.4 is 0 Å². The number of carbonyl (C=O) groups excluding carboxylic acids is 1. The molecule has 0 radical (unpaired) electrons. The highest BCUT2D eigenvalue weighted by molar-refractivity contribution is 6.02. The lowest BCUT2D eigenvalue weighted by atomic mass is 9.65. The molecule has 1 fully saturated rings.